The lowest BCUT2D eigenvalue weighted by Gasteiger charge is -2.05. The van der Waals surface area contributed by atoms with E-state index in [9.17, 15) is 0 Å². The van der Waals surface area contributed by atoms with Crippen molar-refractivity contribution in [2.75, 3.05) is 5.32 Å². The maximum atomic E-state index is 6.04. The van der Waals surface area contributed by atoms with Gasteiger partial charge in [0.1, 0.15) is 0 Å². The smallest absolute Gasteiger partial charge is 0.186 e. The van der Waals surface area contributed by atoms with Crippen LogP contribution in [-0.4, -0.2) is 9.97 Å². The first-order chi connectivity index (χ1) is 9.22. The fourth-order valence-corrected chi connectivity index (χ4v) is 2.76. The Labute approximate surface area is 119 Å². The summed E-state index contributed by atoms with van der Waals surface area (Å²) in [5.74, 6) is 0. The average molecular weight is 290 g/mol. The van der Waals surface area contributed by atoms with Gasteiger partial charge in [-0.05, 0) is 23.8 Å². The van der Waals surface area contributed by atoms with Gasteiger partial charge in [0.15, 0.2) is 5.13 Å². The predicted molar refractivity (Wildman–Crippen MR) is 81.9 cm³/mol. The number of halogens is 1. The van der Waals surface area contributed by atoms with Crippen molar-refractivity contribution in [2.24, 2.45) is 0 Å². The van der Waals surface area contributed by atoms with Gasteiger partial charge >= 0.3 is 0 Å². The molecule has 2 heterocycles. The minimum Gasteiger partial charge on any atom is -0.361 e. The van der Waals surface area contributed by atoms with Crippen LogP contribution in [-0.2, 0) is 6.42 Å². The predicted octanol–water partition coefficient (Wildman–Crippen LogP) is 4.45. The molecule has 0 atom stereocenters. The summed E-state index contributed by atoms with van der Waals surface area (Å²) in [5.41, 5.74) is 3.17. The maximum absolute atomic E-state index is 6.04. The Bertz CT molecular complexity index is 715. The van der Waals surface area contributed by atoms with E-state index in [0.717, 1.165) is 33.2 Å². The van der Waals surface area contributed by atoms with E-state index in [2.05, 4.69) is 21.9 Å². The summed E-state index contributed by atoms with van der Waals surface area (Å²) in [6.45, 7) is 4.04. The van der Waals surface area contributed by atoms with Crippen molar-refractivity contribution in [3.8, 4) is 0 Å². The first-order valence-corrected chi connectivity index (χ1v) is 7.08. The Morgan fingerprint density at radius 1 is 1.47 bits per heavy atom. The number of fused-ring (bicyclic) bond motifs is 1. The van der Waals surface area contributed by atoms with Crippen LogP contribution in [0.15, 0.2) is 48.2 Å². The zero-order valence-electron chi connectivity index (χ0n) is 10.1. The third-order valence-electron chi connectivity index (χ3n) is 2.85. The number of thiazole rings is 1. The number of allylic oxidation sites excluding steroid dienone is 1. The standard InChI is InChI=1S/C14H12ClN3S/c1-9(18-14-16-4-5-19-14)6-10-8-17-13-3-2-11(15)7-12(10)13/h2-5,7-8,17H,1,6H2,(H,16,18). The van der Waals surface area contributed by atoms with Crippen LogP contribution in [0.2, 0.25) is 5.02 Å². The normalized spacial score (nSPS) is 10.8. The van der Waals surface area contributed by atoms with E-state index in [4.69, 9.17) is 11.6 Å². The number of rotatable bonds is 4. The fraction of sp³-hybridized carbons (Fsp3) is 0.0714. The van der Waals surface area contributed by atoms with Gasteiger partial charge in [-0.2, -0.15) is 0 Å². The number of H-pyrrole nitrogens is 1. The van der Waals surface area contributed by atoms with E-state index in [-0.39, 0.29) is 0 Å². The molecule has 0 aliphatic carbocycles. The molecule has 0 saturated heterocycles. The molecule has 5 heteroatoms. The molecule has 0 unspecified atom stereocenters. The van der Waals surface area contributed by atoms with Crippen molar-refractivity contribution < 1.29 is 0 Å². The van der Waals surface area contributed by atoms with Crippen molar-refractivity contribution in [1.29, 1.82) is 0 Å². The number of aromatic nitrogens is 2. The second-order valence-electron chi connectivity index (χ2n) is 4.25. The van der Waals surface area contributed by atoms with E-state index in [1.807, 2.05) is 29.8 Å². The number of aromatic amines is 1. The summed E-state index contributed by atoms with van der Waals surface area (Å²) >= 11 is 7.60. The molecule has 96 valence electrons. The molecule has 2 aromatic heterocycles. The zero-order valence-corrected chi connectivity index (χ0v) is 11.7. The Hall–Kier alpha value is -1.78. The molecule has 3 aromatic rings. The number of nitrogens with zero attached hydrogens (tertiary/aromatic N) is 1. The third-order valence-corrected chi connectivity index (χ3v) is 3.77. The summed E-state index contributed by atoms with van der Waals surface area (Å²) in [6, 6.07) is 5.84. The van der Waals surface area contributed by atoms with Crippen molar-refractivity contribution in [3.63, 3.8) is 0 Å². The van der Waals surface area contributed by atoms with Gasteiger partial charge in [0.2, 0.25) is 0 Å². The van der Waals surface area contributed by atoms with Gasteiger partial charge in [-0.3, -0.25) is 0 Å². The Morgan fingerprint density at radius 2 is 2.37 bits per heavy atom. The number of anilines is 1. The Morgan fingerprint density at radius 3 is 3.16 bits per heavy atom. The van der Waals surface area contributed by atoms with Crippen LogP contribution in [0.1, 0.15) is 5.56 Å². The van der Waals surface area contributed by atoms with Crippen LogP contribution in [0.3, 0.4) is 0 Å². The van der Waals surface area contributed by atoms with Gasteiger partial charge in [0.05, 0.1) is 0 Å². The molecule has 3 rings (SSSR count). The summed E-state index contributed by atoms with van der Waals surface area (Å²) in [7, 11) is 0. The van der Waals surface area contributed by atoms with Gasteiger partial charge in [-0.25, -0.2) is 4.98 Å². The first-order valence-electron chi connectivity index (χ1n) is 5.82. The number of benzene rings is 1. The van der Waals surface area contributed by atoms with E-state index in [1.54, 1.807) is 17.5 Å². The summed E-state index contributed by atoms with van der Waals surface area (Å²) < 4.78 is 0. The van der Waals surface area contributed by atoms with Gasteiger partial charge in [0, 0.05) is 45.8 Å². The van der Waals surface area contributed by atoms with E-state index in [1.165, 1.54) is 5.56 Å². The highest BCUT2D eigenvalue weighted by Crippen LogP contribution is 2.24. The molecule has 0 radical (unpaired) electrons. The van der Waals surface area contributed by atoms with Gasteiger partial charge in [-0.1, -0.05) is 18.2 Å². The quantitative estimate of drug-likeness (QED) is 0.745. The fourth-order valence-electron chi connectivity index (χ4n) is 2.01. The number of nitrogens with one attached hydrogen (secondary N) is 2. The summed E-state index contributed by atoms with van der Waals surface area (Å²) in [5, 5.41) is 7.88. The second-order valence-corrected chi connectivity index (χ2v) is 5.58. The Balaban J connectivity index is 1.81. The van der Waals surface area contributed by atoms with E-state index >= 15 is 0 Å². The number of hydrogen-bond donors (Lipinski definition) is 2. The van der Waals surface area contributed by atoms with Crippen LogP contribution in [0.4, 0.5) is 5.13 Å². The molecule has 0 fully saturated rings. The first kappa shape index (κ1) is 12.3. The number of hydrogen-bond acceptors (Lipinski definition) is 3. The molecule has 0 bridgehead atoms. The van der Waals surface area contributed by atoms with Gasteiger partial charge in [-0.15, -0.1) is 11.3 Å². The molecule has 3 nitrogen and oxygen atoms in total. The van der Waals surface area contributed by atoms with E-state index < -0.39 is 0 Å². The zero-order chi connectivity index (χ0) is 13.2. The topological polar surface area (TPSA) is 40.7 Å². The van der Waals surface area contributed by atoms with Crippen molar-refractivity contribution >= 4 is 39.0 Å². The lowest BCUT2D eigenvalue weighted by molar-refractivity contribution is 1.16. The molecule has 0 amide bonds. The highest BCUT2D eigenvalue weighted by atomic mass is 35.5. The molecular formula is C14H12ClN3S. The largest absolute Gasteiger partial charge is 0.361 e. The van der Waals surface area contributed by atoms with Crippen LogP contribution in [0, 0.1) is 0 Å². The molecule has 0 aliphatic rings. The monoisotopic (exact) mass is 289 g/mol. The second kappa shape index (κ2) is 5.07. The molecule has 0 spiro atoms. The van der Waals surface area contributed by atoms with Gasteiger partial charge < -0.3 is 10.3 Å². The lowest BCUT2D eigenvalue weighted by atomic mass is 10.1. The minimum atomic E-state index is 0.736. The van der Waals surface area contributed by atoms with E-state index in [0.29, 0.717) is 0 Å². The molecule has 0 saturated carbocycles. The molecule has 0 aliphatic heterocycles. The summed E-state index contributed by atoms with van der Waals surface area (Å²) in [4.78, 5) is 7.42. The van der Waals surface area contributed by atoms with Crippen LogP contribution in [0.25, 0.3) is 10.9 Å². The molecule has 19 heavy (non-hydrogen) atoms. The third kappa shape index (κ3) is 2.64. The van der Waals surface area contributed by atoms with Crippen LogP contribution in [0.5, 0.6) is 0 Å². The van der Waals surface area contributed by atoms with Crippen LogP contribution < -0.4 is 5.32 Å². The molecular weight excluding hydrogens is 278 g/mol. The minimum absolute atomic E-state index is 0.736. The summed E-state index contributed by atoms with van der Waals surface area (Å²) in [6.07, 6.45) is 4.50. The van der Waals surface area contributed by atoms with Crippen LogP contribution >= 0.6 is 22.9 Å². The lowest BCUT2D eigenvalue weighted by Crippen LogP contribution is -2.00. The van der Waals surface area contributed by atoms with Crippen molar-refractivity contribution in [2.45, 2.75) is 6.42 Å². The van der Waals surface area contributed by atoms with Gasteiger partial charge in [0.25, 0.3) is 0 Å². The van der Waals surface area contributed by atoms with Crippen molar-refractivity contribution in [3.05, 3.63) is 58.8 Å². The molecule has 1 aromatic carbocycles. The highest BCUT2D eigenvalue weighted by molar-refractivity contribution is 7.13. The maximum Gasteiger partial charge on any atom is 0.186 e. The molecule has 2 N–H and O–H groups in total. The van der Waals surface area contributed by atoms with Crippen molar-refractivity contribution in [1.82, 2.24) is 9.97 Å². The highest BCUT2D eigenvalue weighted by Gasteiger charge is 2.06. The average Bonchev–Trinajstić information content (AvgIpc) is 3.00. The Kier molecular flexibility index (Phi) is 3.27. The SMILES string of the molecule is C=C(Cc1c[nH]c2ccc(Cl)cc12)Nc1nccs1.